The average molecular weight is 599 g/mol. The van der Waals surface area contributed by atoms with E-state index >= 15 is 0 Å². The molecule has 5 nitrogen and oxygen atoms in total. The number of ether oxygens (including phenoxy) is 1. The number of hydrogen-bond acceptors (Lipinski definition) is 6. The van der Waals surface area contributed by atoms with Crippen LogP contribution in [0.5, 0.6) is 0 Å². The molecule has 0 fully saturated rings. The van der Waals surface area contributed by atoms with E-state index in [1.807, 2.05) is 0 Å². The molecule has 0 bridgehead atoms. The molecule has 0 amide bonds. The number of rotatable bonds is 31. The summed E-state index contributed by atoms with van der Waals surface area (Å²) in [5.41, 5.74) is -1.42. The quantitative estimate of drug-likeness (QED) is 0.0469. The van der Waals surface area contributed by atoms with Crippen LogP contribution in [0.1, 0.15) is 181 Å². The Balaban J connectivity index is 5.26. The molecule has 0 rings (SSSR count). The normalized spacial score (nSPS) is 12.4. The van der Waals surface area contributed by atoms with Gasteiger partial charge in [-0.3, -0.25) is 9.59 Å². The number of carbonyl (C=O) groups is 2. The fourth-order valence-corrected chi connectivity index (χ4v) is 5.95. The summed E-state index contributed by atoms with van der Waals surface area (Å²) in [6.07, 6.45) is 24.7. The number of aliphatic hydroxyl groups is 2. The van der Waals surface area contributed by atoms with Gasteiger partial charge < -0.3 is 14.9 Å². The Morgan fingerprint density at radius 3 is 1.32 bits per heavy atom. The minimum atomic E-state index is -1.42. The standard InChI is InChI=1S/C35H66O5S/c1-4-7-10-13-14-15-16-17-18-19-22-25-28-35(34(41)40-30-31(37)29-36,32(38)26-23-20-11-8-5-2)33(39)27-24-21-12-9-6-3/h31,36-37H,4-30H2,1-3H3. The van der Waals surface area contributed by atoms with Gasteiger partial charge in [0.2, 0.25) is 0 Å². The molecule has 0 aromatic heterocycles. The minimum absolute atomic E-state index is 0.00480. The summed E-state index contributed by atoms with van der Waals surface area (Å²) in [4.78, 5) is 27.7. The van der Waals surface area contributed by atoms with Crippen LogP contribution in [-0.4, -0.2) is 46.1 Å². The van der Waals surface area contributed by atoms with Gasteiger partial charge in [-0.1, -0.05) is 149 Å². The first-order valence-corrected chi connectivity index (χ1v) is 17.8. The summed E-state index contributed by atoms with van der Waals surface area (Å²) in [6.45, 7) is 5.93. The molecule has 0 heterocycles. The van der Waals surface area contributed by atoms with Crippen molar-refractivity contribution in [1.82, 2.24) is 0 Å². The second-order valence-electron chi connectivity index (χ2n) is 12.2. The van der Waals surface area contributed by atoms with Crippen LogP contribution >= 0.6 is 12.2 Å². The number of thiocarbonyl (C=S) groups is 1. The van der Waals surface area contributed by atoms with Crippen LogP contribution in [0.4, 0.5) is 0 Å². The maximum absolute atomic E-state index is 13.9. The Morgan fingerprint density at radius 1 is 0.610 bits per heavy atom. The van der Waals surface area contributed by atoms with Crippen LogP contribution < -0.4 is 0 Å². The Morgan fingerprint density at radius 2 is 0.951 bits per heavy atom. The van der Waals surface area contributed by atoms with E-state index in [4.69, 9.17) is 17.0 Å². The van der Waals surface area contributed by atoms with Crippen molar-refractivity contribution in [3.05, 3.63) is 0 Å². The fraction of sp³-hybridized carbons (Fsp3) is 0.914. The Hall–Kier alpha value is -0.850. The van der Waals surface area contributed by atoms with Crippen molar-refractivity contribution in [2.75, 3.05) is 13.2 Å². The second-order valence-corrected chi connectivity index (χ2v) is 12.5. The van der Waals surface area contributed by atoms with E-state index in [1.165, 1.54) is 57.8 Å². The minimum Gasteiger partial charge on any atom is -0.483 e. The van der Waals surface area contributed by atoms with E-state index in [0.29, 0.717) is 19.3 Å². The van der Waals surface area contributed by atoms with E-state index in [9.17, 15) is 19.8 Å². The van der Waals surface area contributed by atoms with Gasteiger partial charge in [0, 0.05) is 12.8 Å². The zero-order chi connectivity index (χ0) is 30.6. The highest BCUT2D eigenvalue weighted by Crippen LogP contribution is 2.35. The molecule has 0 radical (unpaired) electrons. The van der Waals surface area contributed by atoms with Gasteiger partial charge in [-0.2, -0.15) is 0 Å². The van der Waals surface area contributed by atoms with Gasteiger partial charge in [0.05, 0.1) is 6.61 Å². The zero-order valence-corrected chi connectivity index (χ0v) is 28.0. The molecule has 1 atom stereocenters. The summed E-state index contributed by atoms with van der Waals surface area (Å²) in [7, 11) is 0. The molecule has 0 aliphatic carbocycles. The average Bonchev–Trinajstić information content (AvgIpc) is 2.97. The molecule has 2 N–H and O–H groups in total. The van der Waals surface area contributed by atoms with E-state index in [0.717, 1.165) is 83.5 Å². The van der Waals surface area contributed by atoms with Crippen molar-refractivity contribution in [2.45, 2.75) is 187 Å². The lowest BCUT2D eigenvalue weighted by Crippen LogP contribution is -2.47. The van der Waals surface area contributed by atoms with Gasteiger partial charge in [-0.05, 0) is 31.5 Å². The Bertz CT molecular complexity index is 624. The van der Waals surface area contributed by atoms with Gasteiger partial charge in [0.25, 0.3) is 0 Å². The van der Waals surface area contributed by atoms with E-state index in [2.05, 4.69) is 20.8 Å². The van der Waals surface area contributed by atoms with Crippen molar-refractivity contribution < 1.29 is 24.5 Å². The van der Waals surface area contributed by atoms with Gasteiger partial charge in [-0.25, -0.2) is 0 Å². The summed E-state index contributed by atoms with van der Waals surface area (Å²) in [5.74, 6) is -0.224. The third-order valence-electron chi connectivity index (χ3n) is 8.34. The van der Waals surface area contributed by atoms with Gasteiger partial charge in [-0.15, -0.1) is 0 Å². The molecule has 0 aromatic rings. The number of hydrogen-bond donors (Lipinski definition) is 2. The van der Waals surface area contributed by atoms with Crippen LogP contribution in [0.15, 0.2) is 0 Å². The molecule has 0 saturated carbocycles. The molecular weight excluding hydrogens is 532 g/mol. The highest BCUT2D eigenvalue weighted by atomic mass is 32.1. The summed E-state index contributed by atoms with van der Waals surface area (Å²) in [6, 6.07) is 0. The predicted octanol–water partition coefficient (Wildman–Crippen LogP) is 9.62. The number of ketones is 2. The lowest BCUT2D eigenvalue weighted by Gasteiger charge is -2.32. The van der Waals surface area contributed by atoms with Crippen LogP contribution in [0, 0.1) is 5.41 Å². The first kappa shape index (κ1) is 40.1. The monoisotopic (exact) mass is 598 g/mol. The molecule has 0 saturated heterocycles. The summed E-state index contributed by atoms with van der Waals surface area (Å²) < 4.78 is 5.73. The first-order chi connectivity index (χ1) is 19.9. The van der Waals surface area contributed by atoms with Crippen molar-refractivity contribution in [3.8, 4) is 0 Å². The maximum atomic E-state index is 13.9. The number of carbonyl (C=O) groups excluding carboxylic acids is 2. The van der Waals surface area contributed by atoms with Crippen molar-refractivity contribution in [2.24, 2.45) is 5.41 Å². The third-order valence-corrected chi connectivity index (χ3v) is 8.80. The molecule has 1 unspecified atom stereocenters. The lowest BCUT2D eigenvalue weighted by molar-refractivity contribution is -0.138. The number of Topliss-reactive ketones (excluding diaryl/α,β-unsaturated/α-hetero) is 2. The van der Waals surface area contributed by atoms with E-state index in [1.54, 1.807) is 0 Å². The van der Waals surface area contributed by atoms with Crippen molar-refractivity contribution >= 4 is 28.8 Å². The van der Waals surface area contributed by atoms with Crippen molar-refractivity contribution in [3.63, 3.8) is 0 Å². The Kier molecular flexibility index (Phi) is 27.4. The van der Waals surface area contributed by atoms with Gasteiger partial charge in [0.1, 0.15) is 12.7 Å². The van der Waals surface area contributed by atoms with E-state index < -0.39 is 18.1 Å². The molecule has 242 valence electrons. The zero-order valence-electron chi connectivity index (χ0n) is 27.2. The van der Waals surface area contributed by atoms with Crippen LogP contribution in [0.3, 0.4) is 0 Å². The molecule has 6 heteroatoms. The second kappa shape index (κ2) is 28.0. The number of aliphatic hydroxyl groups excluding tert-OH is 2. The molecular formula is C35H66O5S. The highest BCUT2D eigenvalue weighted by molar-refractivity contribution is 7.80. The lowest BCUT2D eigenvalue weighted by atomic mass is 9.72. The van der Waals surface area contributed by atoms with Crippen LogP contribution in [0.25, 0.3) is 0 Å². The van der Waals surface area contributed by atoms with Crippen LogP contribution in [-0.2, 0) is 14.3 Å². The highest BCUT2D eigenvalue weighted by Gasteiger charge is 2.48. The number of unbranched alkanes of at least 4 members (excludes halogenated alkanes) is 19. The smallest absolute Gasteiger partial charge is 0.180 e. The largest absolute Gasteiger partial charge is 0.483 e. The SMILES string of the molecule is CCCCCCCCCCCCCCC(C(=O)CCCCCCC)(C(=O)CCCCCCC)C(=S)OCC(O)CO. The molecule has 0 aliphatic heterocycles. The first-order valence-electron chi connectivity index (χ1n) is 17.4. The molecule has 41 heavy (non-hydrogen) atoms. The maximum Gasteiger partial charge on any atom is 0.180 e. The fourth-order valence-electron chi connectivity index (χ4n) is 5.55. The predicted molar refractivity (Wildman–Crippen MR) is 177 cm³/mol. The van der Waals surface area contributed by atoms with Crippen LogP contribution in [0.2, 0.25) is 0 Å². The Labute approximate surface area is 259 Å². The van der Waals surface area contributed by atoms with E-state index in [-0.39, 0.29) is 23.2 Å². The molecule has 0 aliphatic rings. The molecule has 0 aromatic carbocycles. The summed E-state index contributed by atoms with van der Waals surface area (Å²) >= 11 is 5.68. The molecule has 0 spiro atoms. The van der Waals surface area contributed by atoms with Gasteiger partial charge >= 0.3 is 0 Å². The van der Waals surface area contributed by atoms with Crippen molar-refractivity contribution in [1.29, 1.82) is 0 Å². The third kappa shape index (κ3) is 19.1. The van der Waals surface area contributed by atoms with Gasteiger partial charge in [0.15, 0.2) is 22.0 Å². The summed E-state index contributed by atoms with van der Waals surface area (Å²) in [5, 5.41) is 19.1. The topological polar surface area (TPSA) is 83.8 Å².